The molecule has 0 bridgehead atoms. The molecule has 4 aromatic heterocycles. The number of aromatic nitrogens is 4. The number of fused-ring (bicyclic) bond motifs is 12. The van der Waals surface area contributed by atoms with Crippen molar-refractivity contribution in [1.82, 2.24) is 0 Å². The Kier molecular flexibility index (Phi) is 24.6. The van der Waals surface area contributed by atoms with Crippen LogP contribution >= 0.6 is 0 Å². The van der Waals surface area contributed by atoms with Crippen molar-refractivity contribution < 1.29 is 18.3 Å². The van der Waals surface area contributed by atoms with Crippen molar-refractivity contribution in [2.45, 2.75) is 327 Å². The zero-order valence-electron chi connectivity index (χ0n) is 83.5. The van der Waals surface area contributed by atoms with E-state index in [1.165, 1.54) is 334 Å². The van der Waals surface area contributed by atoms with E-state index in [2.05, 4.69) is 328 Å². The van der Waals surface area contributed by atoms with Crippen molar-refractivity contribution in [3.05, 3.63) is 304 Å². The molecule has 0 atom stereocenters. The van der Waals surface area contributed by atoms with Crippen LogP contribution in [-0.4, -0.2) is 0 Å². The molecule has 12 aromatic rings. The highest BCUT2D eigenvalue weighted by atomic mass is 14.9. The van der Waals surface area contributed by atoms with Crippen LogP contribution in [-0.2, 0) is 53.9 Å². The van der Waals surface area contributed by atoms with E-state index in [9.17, 15) is 0 Å². The number of nitrogens with zero attached hydrogens (tertiary/aromatic N) is 4. The largest absolute Gasteiger partial charge is 0.213 e. The maximum Gasteiger partial charge on any atom is 0.213 e. The second kappa shape index (κ2) is 35.7. The number of aryl methyl sites for hydroxylation is 16. The second-order valence-electron chi connectivity index (χ2n) is 45.5. The normalized spacial score (nSPS) is 18.4. The van der Waals surface area contributed by atoms with E-state index in [4.69, 9.17) is 0 Å². The van der Waals surface area contributed by atoms with Gasteiger partial charge in [-0.3, -0.25) is 0 Å². The van der Waals surface area contributed by atoms with Crippen molar-refractivity contribution in [2.24, 2.45) is 49.9 Å². The Morgan fingerprint density at radius 3 is 1.09 bits per heavy atom. The minimum Gasteiger partial charge on any atom is -0.201 e. The minimum absolute atomic E-state index is 0.500. The molecule has 6 fully saturated rings. The van der Waals surface area contributed by atoms with Gasteiger partial charge in [-0.2, -0.15) is 0 Å². The van der Waals surface area contributed by atoms with Gasteiger partial charge in [-0.1, -0.05) is 188 Å². The Morgan fingerprint density at radius 2 is 0.592 bits per heavy atom. The van der Waals surface area contributed by atoms with Crippen LogP contribution in [0.25, 0.3) is 89.5 Å². The predicted octanol–water partition coefficient (Wildman–Crippen LogP) is 31.3. The summed E-state index contributed by atoms with van der Waals surface area (Å²) in [4.78, 5) is 0. The van der Waals surface area contributed by atoms with Crippen molar-refractivity contribution >= 4 is 0 Å². The monoisotopic (exact) mass is 1720 g/mol. The van der Waals surface area contributed by atoms with Gasteiger partial charge < -0.3 is 0 Å². The molecular weight excluding hydrogens is 1570 g/mol. The van der Waals surface area contributed by atoms with Crippen LogP contribution in [0.1, 0.15) is 352 Å². The highest BCUT2D eigenvalue weighted by Crippen LogP contribution is 2.58. The third-order valence-corrected chi connectivity index (χ3v) is 35.7. The first-order valence-corrected chi connectivity index (χ1v) is 51.3. The van der Waals surface area contributed by atoms with Gasteiger partial charge in [-0.05, 0) is 438 Å². The summed E-state index contributed by atoms with van der Waals surface area (Å²) >= 11 is 0. The van der Waals surface area contributed by atoms with Crippen LogP contribution in [0.3, 0.4) is 0 Å². The van der Waals surface area contributed by atoms with E-state index < -0.39 is 0 Å². The fourth-order valence-electron chi connectivity index (χ4n) is 27.2. The molecule has 10 aliphatic rings. The van der Waals surface area contributed by atoms with E-state index in [0.717, 1.165) is 37.5 Å². The fraction of sp³-hybridized carbons (Fsp3) is 0.460. The van der Waals surface area contributed by atoms with Gasteiger partial charge in [0, 0.05) is 46.5 Å². The average Bonchev–Trinajstić information content (AvgIpc) is 1.66. The molecule has 0 saturated heterocycles. The second-order valence-corrected chi connectivity index (χ2v) is 45.5. The van der Waals surface area contributed by atoms with E-state index in [1.54, 1.807) is 55.6 Å². The molecule has 0 amide bonds. The summed E-state index contributed by atoms with van der Waals surface area (Å²) in [6.45, 7) is 36.7. The highest BCUT2D eigenvalue weighted by Gasteiger charge is 2.43. The molecule has 6 saturated carbocycles. The molecule has 130 heavy (non-hydrogen) atoms. The van der Waals surface area contributed by atoms with Crippen molar-refractivity contribution in [3.8, 4) is 89.5 Å². The molecule has 0 unspecified atom stereocenters. The first-order chi connectivity index (χ1) is 62.4. The van der Waals surface area contributed by atoms with Gasteiger partial charge in [0.1, 0.15) is 28.2 Å². The summed E-state index contributed by atoms with van der Waals surface area (Å²) in [6, 6.07) is 57.2. The average molecular weight is 1720 g/mol. The maximum atomic E-state index is 2.58. The molecule has 2 spiro atoms. The Morgan fingerprint density at radius 1 is 0.231 bits per heavy atom. The zero-order chi connectivity index (χ0) is 90.7. The van der Waals surface area contributed by atoms with E-state index in [-0.39, 0.29) is 0 Å². The number of pyridine rings is 4. The third-order valence-electron chi connectivity index (χ3n) is 35.7. The number of benzene rings is 8. The third kappa shape index (κ3) is 17.0. The number of hydrogen-bond donors (Lipinski definition) is 0. The summed E-state index contributed by atoms with van der Waals surface area (Å²) in [5, 5.41) is 0. The summed E-state index contributed by atoms with van der Waals surface area (Å²) in [6.07, 6.45) is 50.3. The molecule has 22 rings (SSSR count). The summed E-state index contributed by atoms with van der Waals surface area (Å²) in [7, 11) is 8.80. The quantitative estimate of drug-likeness (QED) is 0.135. The maximum absolute atomic E-state index is 2.58. The molecule has 4 nitrogen and oxygen atoms in total. The highest BCUT2D eigenvalue weighted by molar-refractivity contribution is 5.91. The van der Waals surface area contributed by atoms with E-state index in [0.29, 0.717) is 33.5 Å². The van der Waals surface area contributed by atoms with E-state index >= 15 is 0 Å². The van der Waals surface area contributed by atoms with Gasteiger partial charge in [-0.25, -0.2) is 18.3 Å². The molecule has 8 aromatic carbocycles. The van der Waals surface area contributed by atoms with Gasteiger partial charge >= 0.3 is 0 Å². The first-order valence-electron chi connectivity index (χ1n) is 51.3. The van der Waals surface area contributed by atoms with Crippen LogP contribution in [0.2, 0.25) is 0 Å². The SMILES string of the molecule is Cc1cc(-c2c(C)cc(C3CCC(C)(C)CC3)c3c2Cc2ccccc2-3)[n+](C)cc1C.Cc1cc(-c2c(C)ccc3c2Cc2c-3cccc2C2CCC3(CCCCC3)CC2)[n+](C)cc1C.Cc1cc(-c2c(C)ccc3c2Cc2cc(C4CCC5(CCCCC5)CC4)ccc2-3)[n+](C)cc1C.Cc1cc(-c2c(C)ccc3c2Cc2cccc(C4CCC(C)(C)CC4)c2-3)[n+](C)cc1C. The molecule has 4 heterocycles. The summed E-state index contributed by atoms with van der Waals surface area (Å²) in [5.41, 5.74) is 60.8. The Hall–Kier alpha value is -9.64. The van der Waals surface area contributed by atoms with Gasteiger partial charge in [-0.15, -0.1) is 0 Å². The lowest BCUT2D eigenvalue weighted by atomic mass is 9.62. The van der Waals surface area contributed by atoms with Crippen LogP contribution in [0.15, 0.2) is 170 Å². The van der Waals surface area contributed by atoms with Crippen molar-refractivity contribution in [2.75, 3.05) is 0 Å². The topological polar surface area (TPSA) is 15.5 Å². The molecular formula is C126H152N4+4. The van der Waals surface area contributed by atoms with Crippen LogP contribution in [0.5, 0.6) is 0 Å². The Balaban J connectivity index is 0.000000112. The van der Waals surface area contributed by atoms with Gasteiger partial charge in [0.2, 0.25) is 22.8 Å². The molecule has 0 N–H and O–H groups in total. The van der Waals surface area contributed by atoms with Crippen molar-refractivity contribution in [3.63, 3.8) is 0 Å². The zero-order valence-corrected chi connectivity index (χ0v) is 83.5. The molecule has 4 heteroatoms. The van der Waals surface area contributed by atoms with Crippen LogP contribution in [0.4, 0.5) is 0 Å². The lowest BCUT2D eigenvalue weighted by Gasteiger charge is -2.43. The van der Waals surface area contributed by atoms with Crippen molar-refractivity contribution in [1.29, 1.82) is 0 Å². The summed E-state index contributed by atoms with van der Waals surface area (Å²) < 4.78 is 9.30. The van der Waals surface area contributed by atoms with Gasteiger partial charge in [0.25, 0.3) is 0 Å². The predicted molar refractivity (Wildman–Crippen MR) is 545 cm³/mol. The fourth-order valence-corrected chi connectivity index (χ4v) is 27.2. The smallest absolute Gasteiger partial charge is 0.201 e. The molecule has 0 radical (unpaired) electrons. The molecule has 672 valence electrons. The summed E-state index contributed by atoms with van der Waals surface area (Å²) in [5.74, 6) is 2.91. The minimum atomic E-state index is 0.500. The standard InChI is InChI=1S/2C33H40N.2C30H36N/c1-22-8-10-29-28-11-9-26(25-12-16-33(17-13-25)14-6-5-7-15-33)19-27(28)20-30(29)32(22)31-18-23(2)24(3)21-34(31)4;1-22-11-12-28-27-10-8-9-26(25-13-17-33(18-14-25)15-6-5-7-16-33)29(27)20-30(28)32(22)31-19-23(2)24(3)21-34(31)4;1-19-10-11-25-26(28(19)27-16-20(2)21(3)18-31(27)6)17-23-8-7-9-24(29(23)25)22-12-14-30(4,5)15-13-22;1-19-16-27(31(6)18-21(19)3)28-20(2)15-25(22-11-13-30(4,5)14-12-22)29-24-10-8-7-9-23(24)17-26(28)29/h8-11,18-19,21,25H,5-7,12-17,20H2,1-4H3;8-12,19,21,25H,5-7,13-18,20H2,1-4H3;7-11,16,18,22H,12-15,17H2,1-6H3;7-10,15-16,18,22H,11-14,17H2,1-6H3/q4*+1. The van der Waals surface area contributed by atoms with Crippen LogP contribution < -0.4 is 18.3 Å². The molecule has 0 aliphatic heterocycles. The number of rotatable bonds is 8. The first kappa shape index (κ1) is 89.6. The molecule has 10 aliphatic carbocycles. The van der Waals surface area contributed by atoms with Crippen LogP contribution in [0, 0.1) is 105 Å². The van der Waals surface area contributed by atoms with Gasteiger partial charge in [0.05, 0.1) is 22.3 Å². The lowest BCUT2D eigenvalue weighted by molar-refractivity contribution is -0.660. The Labute approximate surface area is 783 Å². The van der Waals surface area contributed by atoms with E-state index in [1.807, 2.05) is 0 Å². The Bertz CT molecular complexity index is 6390. The number of hydrogen-bond acceptors (Lipinski definition) is 0. The van der Waals surface area contributed by atoms with Gasteiger partial charge in [0.15, 0.2) is 24.8 Å². The lowest BCUT2D eigenvalue weighted by Crippen LogP contribution is -2.32.